The maximum Gasteiger partial charge on any atom is 0.255 e. The molecule has 3 aliphatic rings. The molecule has 0 aromatic heterocycles. The predicted molar refractivity (Wildman–Crippen MR) is 108 cm³/mol. The van der Waals surface area contributed by atoms with Crippen molar-refractivity contribution in [1.29, 1.82) is 0 Å². The smallest absolute Gasteiger partial charge is 0.255 e. The molecule has 4 amide bonds. The van der Waals surface area contributed by atoms with E-state index in [4.69, 9.17) is 9.47 Å². The Kier molecular flexibility index (Phi) is 4.58. The summed E-state index contributed by atoms with van der Waals surface area (Å²) < 4.78 is 11.0. The molecule has 158 valence electrons. The lowest BCUT2D eigenvalue weighted by Crippen LogP contribution is -2.52. The van der Waals surface area contributed by atoms with Crippen LogP contribution >= 0.6 is 0 Å². The molecule has 0 saturated carbocycles. The van der Waals surface area contributed by atoms with E-state index >= 15 is 0 Å². The van der Waals surface area contributed by atoms with Crippen LogP contribution in [0.15, 0.2) is 36.4 Å². The quantitative estimate of drug-likeness (QED) is 0.726. The van der Waals surface area contributed by atoms with Crippen molar-refractivity contribution in [3.63, 3.8) is 0 Å². The van der Waals surface area contributed by atoms with Crippen LogP contribution in [0, 0.1) is 0 Å². The molecule has 2 N–H and O–H groups in total. The zero-order valence-corrected chi connectivity index (χ0v) is 16.5. The van der Waals surface area contributed by atoms with Gasteiger partial charge in [0.25, 0.3) is 11.8 Å². The predicted octanol–water partition coefficient (Wildman–Crippen LogP) is 1.47. The van der Waals surface area contributed by atoms with Crippen molar-refractivity contribution >= 4 is 29.3 Å². The number of hydrogen-bond donors (Lipinski definition) is 2. The van der Waals surface area contributed by atoms with Crippen LogP contribution in [0.2, 0.25) is 0 Å². The number of piperidine rings is 1. The molecule has 0 radical (unpaired) electrons. The average molecular weight is 421 g/mol. The Morgan fingerprint density at radius 2 is 1.87 bits per heavy atom. The lowest BCUT2D eigenvalue weighted by molar-refractivity contribution is -0.136. The molecule has 3 aliphatic heterocycles. The normalized spacial score (nSPS) is 19.7. The molecule has 9 heteroatoms. The minimum absolute atomic E-state index is 0.179. The molecule has 1 unspecified atom stereocenters. The summed E-state index contributed by atoms with van der Waals surface area (Å²) in [4.78, 5) is 50.9. The SMILES string of the molecule is O=C1CCC(N2Cc3c(NC(=O)c4ccc5c(c4)OCCO5)cccc3C2=O)C(=O)N1. The summed E-state index contributed by atoms with van der Waals surface area (Å²) in [6.45, 7) is 1.06. The van der Waals surface area contributed by atoms with Crippen molar-refractivity contribution in [2.45, 2.75) is 25.4 Å². The summed E-state index contributed by atoms with van der Waals surface area (Å²) >= 11 is 0. The van der Waals surface area contributed by atoms with Crippen LogP contribution in [-0.4, -0.2) is 47.8 Å². The van der Waals surface area contributed by atoms with E-state index in [2.05, 4.69) is 10.6 Å². The van der Waals surface area contributed by atoms with Crippen molar-refractivity contribution in [3.05, 3.63) is 53.1 Å². The number of anilines is 1. The Hall–Kier alpha value is -3.88. The van der Waals surface area contributed by atoms with E-state index in [-0.39, 0.29) is 37.1 Å². The lowest BCUT2D eigenvalue weighted by Gasteiger charge is -2.29. The first kappa shape index (κ1) is 19.1. The van der Waals surface area contributed by atoms with Crippen LogP contribution < -0.4 is 20.1 Å². The van der Waals surface area contributed by atoms with Gasteiger partial charge in [-0.05, 0) is 36.8 Å². The monoisotopic (exact) mass is 421 g/mol. The fourth-order valence-electron chi connectivity index (χ4n) is 4.08. The van der Waals surface area contributed by atoms with Crippen LogP contribution in [-0.2, 0) is 16.1 Å². The Morgan fingerprint density at radius 3 is 2.68 bits per heavy atom. The molecule has 5 rings (SSSR count). The zero-order chi connectivity index (χ0) is 21.5. The number of amides is 4. The third kappa shape index (κ3) is 3.37. The van der Waals surface area contributed by atoms with Gasteiger partial charge in [0, 0.05) is 35.3 Å². The highest BCUT2D eigenvalue weighted by Crippen LogP contribution is 2.34. The number of nitrogens with one attached hydrogen (secondary N) is 2. The van der Waals surface area contributed by atoms with Crippen LogP contribution in [0.3, 0.4) is 0 Å². The van der Waals surface area contributed by atoms with Gasteiger partial charge in [0.05, 0.1) is 0 Å². The van der Waals surface area contributed by atoms with Gasteiger partial charge in [-0.1, -0.05) is 6.07 Å². The highest BCUT2D eigenvalue weighted by Gasteiger charge is 2.40. The Morgan fingerprint density at radius 1 is 1.06 bits per heavy atom. The van der Waals surface area contributed by atoms with E-state index in [1.807, 2.05) is 0 Å². The van der Waals surface area contributed by atoms with E-state index < -0.39 is 11.9 Å². The molecule has 3 heterocycles. The molecular formula is C22H19N3O6. The van der Waals surface area contributed by atoms with E-state index in [1.54, 1.807) is 36.4 Å². The van der Waals surface area contributed by atoms with Gasteiger partial charge in [-0.2, -0.15) is 0 Å². The van der Waals surface area contributed by atoms with E-state index in [0.717, 1.165) is 0 Å². The van der Waals surface area contributed by atoms with Gasteiger partial charge in [0.1, 0.15) is 19.3 Å². The first-order valence-corrected chi connectivity index (χ1v) is 9.99. The number of nitrogens with zero attached hydrogens (tertiary/aromatic N) is 1. The molecule has 2 aromatic rings. The minimum atomic E-state index is -0.709. The molecule has 0 spiro atoms. The van der Waals surface area contributed by atoms with Crippen molar-refractivity contribution in [2.24, 2.45) is 0 Å². The highest BCUT2D eigenvalue weighted by molar-refractivity contribution is 6.09. The largest absolute Gasteiger partial charge is 0.486 e. The van der Waals surface area contributed by atoms with Gasteiger partial charge in [-0.15, -0.1) is 0 Å². The van der Waals surface area contributed by atoms with Crippen LogP contribution in [0.5, 0.6) is 11.5 Å². The fraction of sp³-hybridized carbons (Fsp3) is 0.273. The third-order valence-corrected chi connectivity index (χ3v) is 5.63. The Labute approximate surface area is 177 Å². The maximum atomic E-state index is 12.9. The molecule has 0 aliphatic carbocycles. The number of carbonyl (C=O) groups excluding carboxylic acids is 4. The second-order valence-electron chi connectivity index (χ2n) is 7.54. The topological polar surface area (TPSA) is 114 Å². The number of ether oxygens (including phenoxy) is 2. The van der Waals surface area contributed by atoms with Crippen molar-refractivity contribution in [1.82, 2.24) is 10.2 Å². The van der Waals surface area contributed by atoms with Gasteiger partial charge >= 0.3 is 0 Å². The molecular weight excluding hydrogens is 402 g/mol. The summed E-state index contributed by atoms with van der Waals surface area (Å²) in [7, 11) is 0. The lowest BCUT2D eigenvalue weighted by atomic mass is 10.0. The minimum Gasteiger partial charge on any atom is -0.486 e. The molecule has 31 heavy (non-hydrogen) atoms. The second-order valence-corrected chi connectivity index (χ2v) is 7.54. The maximum absolute atomic E-state index is 12.9. The third-order valence-electron chi connectivity index (χ3n) is 5.63. The molecule has 1 atom stereocenters. The first-order chi connectivity index (χ1) is 15.0. The summed E-state index contributed by atoms with van der Waals surface area (Å²) in [6.07, 6.45) is 0.466. The van der Waals surface area contributed by atoms with E-state index in [1.165, 1.54) is 4.90 Å². The average Bonchev–Trinajstić information content (AvgIpc) is 3.11. The van der Waals surface area contributed by atoms with Gasteiger partial charge in [0.15, 0.2) is 11.5 Å². The summed E-state index contributed by atoms with van der Waals surface area (Å²) in [5.74, 6) is -0.348. The van der Waals surface area contributed by atoms with Crippen molar-refractivity contribution in [3.8, 4) is 11.5 Å². The number of carbonyl (C=O) groups is 4. The van der Waals surface area contributed by atoms with Crippen molar-refractivity contribution < 1.29 is 28.7 Å². The Balaban J connectivity index is 1.38. The second kappa shape index (κ2) is 7.42. The molecule has 2 aromatic carbocycles. The first-order valence-electron chi connectivity index (χ1n) is 9.99. The number of hydrogen-bond acceptors (Lipinski definition) is 6. The zero-order valence-electron chi connectivity index (χ0n) is 16.5. The van der Waals surface area contributed by atoms with Gasteiger partial charge in [-0.25, -0.2) is 0 Å². The van der Waals surface area contributed by atoms with E-state index in [9.17, 15) is 19.2 Å². The van der Waals surface area contributed by atoms with Gasteiger partial charge in [-0.3, -0.25) is 24.5 Å². The van der Waals surface area contributed by atoms with E-state index in [0.29, 0.717) is 47.1 Å². The summed E-state index contributed by atoms with van der Waals surface area (Å²) in [5.41, 5.74) is 1.97. The Bertz CT molecular complexity index is 1130. The summed E-state index contributed by atoms with van der Waals surface area (Å²) in [6, 6.07) is 9.32. The molecule has 1 fully saturated rings. The summed E-state index contributed by atoms with van der Waals surface area (Å²) in [5, 5.41) is 5.14. The molecule has 9 nitrogen and oxygen atoms in total. The fourth-order valence-corrected chi connectivity index (χ4v) is 4.08. The van der Waals surface area contributed by atoms with Gasteiger partial charge < -0.3 is 19.7 Å². The van der Waals surface area contributed by atoms with Gasteiger partial charge in [0.2, 0.25) is 11.8 Å². The number of fused-ring (bicyclic) bond motifs is 2. The number of imide groups is 1. The van der Waals surface area contributed by atoms with Crippen LogP contribution in [0.25, 0.3) is 0 Å². The molecule has 0 bridgehead atoms. The molecule has 1 saturated heterocycles. The standard InChI is InChI=1S/C22H19N3O6/c26-19-7-5-16(21(28)24-19)25-11-14-13(22(25)29)2-1-3-15(14)23-20(27)12-4-6-17-18(10-12)31-9-8-30-17/h1-4,6,10,16H,5,7-9,11H2,(H,23,27)(H,24,26,28). The highest BCUT2D eigenvalue weighted by atomic mass is 16.6. The number of benzene rings is 2. The number of rotatable bonds is 3. The van der Waals surface area contributed by atoms with Crippen molar-refractivity contribution in [2.75, 3.05) is 18.5 Å². The van der Waals surface area contributed by atoms with Crippen LogP contribution in [0.4, 0.5) is 5.69 Å². The van der Waals surface area contributed by atoms with Crippen LogP contribution in [0.1, 0.15) is 39.1 Å².